The molecule has 4 rings (SSSR count). The van der Waals surface area contributed by atoms with E-state index in [1.165, 1.54) is 21.0 Å². The lowest BCUT2D eigenvalue weighted by Gasteiger charge is -2.35. The number of rotatable bonds is 6. The highest BCUT2D eigenvalue weighted by Gasteiger charge is 2.32. The van der Waals surface area contributed by atoms with Gasteiger partial charge in [-0.25, -0.2) is 13.2 Å². The van der Waals surface area contributed by atoms with Gasteiger partial charge in [0, 0.05) is 38.3 Å². The number of para-hydroxylation sites is 1. The van der Waals surface area contributed by atoms with Crippen LogP contribution in [-0.2, 0) is 14.8 Å². The number of benzene rings is 2. The Labute approximate surface area is 192 Å². The molecule has 1 aliphatic rings. The first-order valence-corrected chi connectivity index (χ1v) is 12.3. The van der Waals surface area contributed by atoms with E-state index < -0.39 is 21.9 Å². The van der Waals surface area contributed by atoms with E-state index in [1.54, 1.807) is 30.0 Å². The summed E-state index contributed by atoms with van der Waals surface area (Å²) in [5.74, 6) is -0.101. The minimum absolute atomic E-state index is 0.0558. The quantitative estimate of drug-likeness (QED) is 0.545. The van der Waals surface area contributed by atoms with E-state index >= 15 is 0 Å². The third kappa shape index (κ3) is 4.53. The summed E-state index contributed by atoms with van der Waals surface area (Å²) in [6.45, 7) is 6.26. The van der Waals surface area contributed by atoms with Gasteiger partial charge in [0.2, 0.25) is 10.0 Å². The Morgan fingerprint density at radius 3 is 2.30 bits per heavy atom. The fourth-order valence-corrected chi connectivity index (χ4v) is 5.41. The van der Waals surface area contributed by atoms with Crippen LogP contribution in [0.1, 0.15) is 26.8 Å². The summed E-state index contributed by atoms with van der Waals surface area (Å²) >= 11 is 0. The third-order valence-corrected chi connectivity index (χ3v) is 7.59. The Hall–Kier alpha value is -3.11. The molecule has 1 aromatic heterocycles. The number of aromatic nitrogens is 1. The van der Waals surface area contributed by atoms with Crippen LogP contribution in [0.2, 0.25) is 0 Å². The second kappa shape index (κ2) is 9.03. The van der Waals surface area contributed by atoms with Crippen molar-refractivity contribution in [2.45, 2.75) is 37.8 Å². The molecule has 0 spiro atoms. The molecule has 10 heteroatoms. The van der Waals surface area contributed by atoms with Crippen molar-refractivity contribution in [2.24, 2.45) is 0 Å². The minimum Gasteiger partial charge on any atom is -0.481 e. The number of carbonyl (C=O) groups is 1. The summed E-state index contributed by atoms with van der Waals surface area (Å²) < 4.78 is 40.2. The average molecular weight is 474 g/mol. The van der Waals surface area contributed by atoms with Crippen molar-refractivity contribution in [2.75, 3.05) is 26.2 Å². The lowest BCUT2D eigenvalue weighted by atomic mass is 10.3. The summed E-state index contributed by atoms with van der Waals surface area (Å²) in [5.41, 5.74) is 0.784. The number of hydrogen-bond donors (Lipinski definition) is 0. The van der Waals surface area contributed by atoms with Gasteiger partial charge in [-0.3, -0.25) is 9.36 Å². The van der Waals surface area contributed by atoms with Crippen LogP contribution >= 0.6 is 0 Å². The fourth-order valence-electron chi connectivity index (χ4n) is 3.97. The van der Waals surface area contributed by atoms with Gasteiger partial charge in [-0.05, 0) is 45.0 Å². The highest BCUT2D eigenvalue weighted by atomic mass is 32.2. The van der Waals surface area contributed by atoms with Crippen LogP contribution in [0, 0.1) is 0 Å². The van der Waals surface area contributed by atoms with Crippen molar-refractivity contribution in [1.29, 1.82) is 0 Å². The first-order chi connectivity index (χ1) is 15.7. The average Bonchev–Trinajstić information content (AvgIpc) is 3.14. The number of nitrogens with zero attached hydrogens (tertiary/aromatic N) is 3. The highest BCUT2D eigenvalue weighted by Crippen LogP contribution is 2.24. The number of ether oxygens (including phenoxy) is 1. The number of hydrogen-bond acceptors (Lipinski definition) is 6. The van der Waals surface area contributed by atoms with Gasteiger partial charge in [0.05, 0.1) is 10.4 Å². The zero-order valence-electron chi connectivity index (χ0n) is 18.8. The normalized spacial score (nSPS) is 16.3. The zero-order valence-corrected chi connectivity index (χ0v) is 19.6. The van der Waals surface area contributed by atoms with Gasteiger partial charge in [0.15, 0.2) is 11.7 Å². The summed E-state index contributed by atoms with van der Waals surface area (Å²) in [6.07, 6.45) is -0.675. The van der Waals surface area contributed by atoms with E-state index in [-0.39, 0.29) is 48.6 Å². The molecule has 2 heterocycles. The van der Waals surface area contributed by atoms with Crippen LogP contribution in [0.15, 0.2) is 62.6 Å². The third-order valence-electron chi connectivity index (χ3n) is 5.69. The largest absolute Gasteiger partial charge is 0.481 e. The van der Waals surface area contributed by atoms with Gasteiger partial charge < -0.3 is 14.1 Å². The molecule has 0 N–H and O–H groups in total. The topological polar surface area (TPSA) is 102 Å². The molecule has 1 saturated heterocycles. The number of amides is 1. The molecule has 3 aromatic rings. The molecular formula is C23H27N3O6S. The molecule has 176 valence electrons. The van der Waals surface area contributed by atoms with Crippen molar-refractivity contribution < 1.29 is 22.4 Å². The number of piperazine rings is 1. The molecule has 0 aliphatic carbocycles. The SMILES string of the molecule is CC(C)n1c(=O)oc2cc(S(=O)(=O)N3CCN(C(=O)[C@@H](C)Oc4ccccc4)CC3)ccc21. The van der Waals surface area contributed by atoms with Crippen molar-refractivity contribution in [3.63, 3.8) is 0 Å². The Morgan fingerprint density at radius 2 is 1.67 bits per heavy atom. The second-order valence-corrected chi connectivity index (χ2v) is 10.2. The van der Waals surface area contributed by atoms with Crippen molar-refractivity contribution in [3.05, 3.63) is 59.1 Å². The van der Waals surface area contributed by atoms with Gasteiger partial charge in [-0.1, -0.05) is 18.2 Å². The maximum Gasteiger partial charge on any atom is 0.420 e. The Balaban J connectivity index is 1.44. The molecule has 9 nitrogen and oxygen atoms in total. The van der Waals surface area contributed by atoms with Crippen molar-refractivity contribution in [3.8, 4) is 5.75 Å². The molecule has 0 radical (unpaired) electrons. The number of fused-ring (bicyclic) bond motifs is 1. The predicted molar refractivity (Wildman–Crippen MR) is 123 cm³/mol. The van der Waals surface area contributed by atoms with Crippen LogP contribution in [0.25, 0.3) is 11.1 Å². The van der Waals surface area contributed by atoms with Crippen LogP contribution < -0.4 is 10.5 Å². The molecular weight excluding hydrogens is 446 g/mol. The van der Waals surface area contributed by atoms with E-state index in [4.69, 9.17) is 9.15 Å². The predicted octanol–water partition coefficient (Wildman–Crippen LogP) is 2.48. The van der Waals surface area contributed by atoms with Crippen LogP contribution in [-0.4, -0.2) is 60.4 Å². The van der Waals surface area contributed by atoms with E-state index in [2.05, 4.69) is 0 Å². The molecule has 33 heavy (non-hydrogen) atoms. The lowest BCUT2D eigenvalue weighted by Crippen LogP contribution is -2.53. The molecule has 1 aliphatic heterocycles. The van der Waals surface area contributed by atoms with E-state index in [9.17, 15) is 18.0 Å². The standard InChI is InChI=1S/C23H27N3O6S/c1-16(2)26-20-10-9-19(15-21(20)32-23(26)28)33(29,30)25-13-11-24(12-14-25)22(27)17(3)31-18-7-5-4-6-8-18/h4-10,15-17H,11-14H2,1-3H3/t17-/m1/s1. The fraction of sp³-hybridized carbons (Fsp3) is 0.391. The minimum atomic E-state index is -3.80. The maximum absolute atomic E-state index is 13.2. The molecule has 0 saturated carbocycles. The van der Waals surface area contributed by atoms with Gasteiger partial charge in [-0.15, -0.1) is 0 Å². The highest BCUT2D eigenvalue weighted by molar-refractivity contribution is 7.89. The van der Waals surface area contributed by atoms with Crippen molar-refractivity contribution in [1.82, 2.24) is 13.8 Å². The molecule has 1 atom stereocenters. The maximum atomic E-state index is 13.2. The molecule has 1 fully saturated rings. The summed E-state index contributed by atoms with van der Waals surface area (Å²) in [6, 6.07) is 13.4. The monoisotopic (exact) mass is 473 g/mol. The van der Waals surface area contributed by atoms with Gasteiger partial charge >= 0.3 is 5.76 Å². The van der Waals surface area contributed by atoms with Gasteiger partial charge in [0.1, 0.15) is 5.75 Å². The summed E-state index contributed by atoms with van der Waals surface area (Å²) in [7, 11) is -3.80. The Kier molecular flexibility index (Phi) is 6.31. The van der Waals surface area contributed by atoms with E-state index in [1.807, 2.05) is 32.0 Å². The van der Waals surface area contributed by atoms with Gasteiger partial charge in [0.25, 0.3) is 5.91 Å². The van der Waals surface area contributed by atoms with Crippen LogP contribution in [0.3, 0.4) is 0 Å². The van der Waals surface area contributed by atoms with Crippen LogP contribution in [0.5, 0.6) is 5.75 Å². The van der Waals surface area contributed by atoms with E-state index in [0.717, 1.165) is 0 Å². The lowest BCUT2D eigenvalue weighted by molar-refractivity contribution is -0.139. The Bertz CT molecular complexity index is 1300. The number of oxazole rings is 1. The number of sulfonamides is 1. The van der Waals surface area contributed by atoms with Gasteiger partial charge in [-0.2, -0.15) is 4.31 Å². The molecule has 0 bridgehead atoms. The second-order valence-electron chi connectivity index (χ2n) is 8.26. The molecule has 0 unspecified atom stereocenters. The molecule has 1 amide bonds. The first-order valence-electron chi connectivity index (χ1n) is 10.8. The van der Waals surface area contributed by atoms with Crippen molar-refractivity contribution >= 4 is 27.0 Å². The smallest absolute Gasteiger partial charge is 0.420 e. The van der Waals surface area contributed by atoms with E-state index in [0.29, 0.717) is 11.3 Å². The molecule has 2 aromatic carbocycles. The Morgan fingerprint density at radius 1 is 1.00 bits per heavy atom. The first kappa shape index (κ1) is 23.1. The summed E-state index contributed by atoms with van der Waals surface area (Å²) in [4.78, 5) is 26.5. The zero-order chi connectivity index (χ0) is 23.8. The van der Waals surface area contributed by atoms with Crippen LogP contribution in [0.4, 0.5) is 0 Å². The summed E-state index contributed by atoms with van der Waals surface area (Å²) in [5, 5.41) is 0. The number of carbonyl (C=O) groups excluding carboxylic acids is 1.